The Labute approximate surface area is 160 Å². The van der Waals surface area contributed by atoms with Crippen molar-refractivity contribution in [3.63, 3.8) is 0 Å². The summed E-state index contributed by atoms with van der Waals surface area (Å²) < 4.78 is 37.7. The van der Waals surface area contributed by atoms with Crippen molar-refractivity contribution in [3.05, 3.63) is 57.5 Å². The topological polar surface area (TPSA) is 40.5 Å². The maximum absolute atomic E-state index is 12.7. The van der Waals surface area contributed by atoms with Crippen molar-refractivity contribution in [3.8, 4) is 11.5 Å². The highest BCUT2D eigenvalue weighted by Gasteiger charge is 2.20. The van der Waals surface area contributed by atoms with Crippen molar-refractivity contribution in [1.82, 2.24) is 4.57 Å². The number of hydrogen-bond acceptors (Lipinski definition) is 4. The Hall–Kier alpha value is -2.28. The first kappa shape index (κ1) is 19.5. The summed E-state index contributed by atoms with van der Waals surface area (Å²) in [4.78, 5) is 11.5. The molecule has 2 aromatic rings. The molecule has 0 aliphatic carbocycles. The summed E-state index contributed by atoms with van der Waals surface area (Å²) in [6, 6.07) is 8.00. The van der Waals surface area contributed by atoms with Crippen LogP contribution in [0.25, 0.3) is 12.3 Å². The molecule has 4 nitrogen and oxygen atoms in total. The summed E-state index contributed by atoms with van der Waals surface area (Å²) in [5, 5.41) is 0. The molecule has 0 spiro atoms. The normalized spacial score (nSPS) is 17.0. The van der Waals surface area contributed by atoms with Crippen LogP contribution in [0.4, 0.5) is 8.78 Å². The molecule has 27 heavy (non-hydrogen) atoms. The van der Waals surface area contributed by atoms with Gasteiger partial charge in [-0.05, 0) is 49.8 Å². The number of aromatic nitrogens is 1. The van der Waals surface area contributed by atoms with Gasteiger partial charge >= 0.3 is 6.61 Å². The zero-order valence-corrected chi connectivity index (χ0v) is 16.0. The van der Waals surface area contributed by atoms with Gasteiger partial charge < -0.3 is 14.0 Å². The van der Waals surface area contributed by atoms with Crippen LogP contribution in [0.1, 0.15) is 23.4 Å². The molecule has 1 aliphatic rings. The summed E-state index contributed by atoms with van der Waals surface area (Å²) in [5.41, 5.74) is 2.38. The van der Waals surface area contributed by atoms with E-state index >= 15 is 0 Å². The second kappa shape index (κ2) is 8.61. The third-order valence-electron chi connectivity index (χ3n) is 4.24. The summed E-state index contributed by atoms with van der Waals surface area (Å²) in [7, 11) is 0. The van der Waals surface area contributed by atoms with Crippen LogP contribution >= 0.6 is 11.8 Å². The Morgan fingerprint density at radius 2 is 1.93 bits per heavy atom. The van der Waals surface area contributed by atoms with Gasteiger partial charge in [0.2, 0.25) is 0 Å². The van der Waals surface area contributed by atoms with E-state index < -0.39 is 6.61 Å². The van der Waals surface area contributed by atoms with Crippen molar-refractivity contribution < 1.29 is 18.3 Å². The molecule has 0 radical (unpaired) electrons. The largest absolute Gasteiger partial charge is 0.486 e. The number of thioether (sulfide) groups is 1. The number of pyridine rings is 1. The lowest BCUT2D eigenvalue weighted by Gasteiger charge is -2.17. The standard InChI is InChI=1S/C20H21F2NO3S/c1-13-9-16(24)10-14(2)23(13)7-5-15-3-4-18(26-20(21)22)19(11-15)25-17-6-8-27-12-17/h3-5,7,9-11,17,20H,6,8,12H2,1-2H3/b7-5+/t17-/m0/s1. The molecule has 0 unspecified atom stereocenters. The monoisotopic (exact) mass is 393 g/mol. The zero-order valence-electron chi connectivity index (χ0n) is 15.2. The number of hydrogen-bond donors (Lipinski definition) is 0. The predicted octanol–water partition coefficient (Wildman–Crippen LogP) is 4.58. The maximum Gasteiger partial charge on any atom is 0.387 e. The molecule has 1 aromatic carbocycles. The van der Waals surface area contributed by atoms with Crippen LogP contribution in [0.3, 0.4) is 0 Å². The van der Waals surface area contributed by atoms with Gasteiger partial charge in [-0.15, -0.1) is 0 Å². The van der Waals surface area contributed by atoms with Crippen LogP contribution in [0.15, 0.2) is 35.1 Å². The fourth-order valence-corrected chi connectivity index (χ4v) is 4.06. The number of rotatable bonds is 6. The third-order valence-corrected chi connectivity index (χ3v) is 5.38. The van der Waals surface area contributed by atoms with Crippen molar-refractivity contribution >= 4 is 24.0 Å². The average Bonchev–Trinajstić information content (AvgIpc) is 3.08. The van der Waals surface area contributed by atoms with E-state index in [0.29, 0.717) is 5.75 Å². The second-order valence-electron chi connectivity index (χ2n) is 6.35. The van der Waals surface area contributed by atoms with Crippen LogP contribution in [0, 0.1) is 13.8 Å². The first-order valence-corrected chi connectivity index (χ1v) is 9.79. The molecule has 3 rings (SSSR count). The minimum atomic E-state index is -2.90. The van der Waals surface area contributed by atoms with Gasteiger partial charge in [0.1, 0.15) is 6.10 Å². The van der Waals surface area contributed by atoms with E-state index in [0.717, 1.165) is 34.9 Å². The summed E-state index contributed by atoms with van der Waals surface area (Å²) in [6.07, 6.45) is 4.56. The Bertz CT molecular complexity index is 863. The number of aryl methyl sites for hydroxylation is 2. The van der Waals surface area contributed by atoms with Gasteiger partial charge in [-0.1, -0.05) is 6.07 Å². The molecular formula is C20H21F2NO3S. The second-order valence-corrected chi connectivity index (χ2v) is 7.50. The predicted molar refractivity (Wildman–Crippen MR) is 105 cm³/mol. The van der Waals surface area contributed by atoms with Crippen molar-refractivity contribution in [2.45, 2.75) is 33.0 Å². The Kier molecular flexibility index (Phi) is 6.21. The van der Waals surface area contributed by atoms with Gasteiger partial charge in [0.15, 0.2) is 16.9 Å². The molecule has 7 heteroatoms. The minimum absolute atomic E-state index is 0.00212. The molecule has 0 saturated carbocycles. The van der Waals surface area contributed by atoms with Crippen LogP contribution in [-0.4, -0.2) is 28.8 Å². The van der Waals surface area contributed by atoms with Gasteiger partial charge in [-0.3, -0.25) is 4.79 Å². The van der Waals surface area contributed by atoms with E-state index in [1.165, 1.54) is 6.07 Å². The van der Waals surface area contributed by atoms with E-state index in [4.69, 9.17) is 4.74 Å². The number of ether oxygens (including phenoxy) is 2. The molecule has 1 atom stereocenters. The summed E-state index contributed by atoms with van der Waals surface area (Å²) >= 11 is 1.78. The van der Waals surface area contributed by atoms with Crippen LogP contribution in [0.5, 0.6) is 11.5 Å². The van der Waals surface area contributed by atoms with Crippen LogP contribution < -0.4 is 14.9 Å². The highest BCUT2D eigenvalue weighted by atomic mass is 32.2. The first-order chi connectivity index (χ1) is 12.9. The van der Waals surface area contributed by atoms with E-state index in [-0.39, 0.29) is 17.3 Å². The highest BCUT2D eigenvalue weighted by Crippen LogP contribution is 2.33. The lowest BCUT2D eigenvalue weighted by atomic mass is 10.2. The van der Waals surface area contributed by atoms with E-state index in [2.05, 4.69) is 4.74 Å². The lowest BCUT2D eigenvalue weighted by molar-refractivity contribution is -0.0519. The summed E-state index contributed by atoms with van der Waals surface area (Å²) in [5.74, 6) is 2.19. The lowest BCUT2D eigenvalue weighted by Crippen LogP contribution is -2.16. The Balaban J connectivity index is 1.88. The van der Waals surface area contributed by atoms with Crippen LogP contribution in [-0.2, 0) is 0 Å². The van der Waals surface area contributed by atoms with Gasteiger partial charge in [0, 0.05) is 35.5 Å². The maximum atomic E-state index is 12.7. The average molecular weight is 393 g/mol. The molecule has 1 aromatic heterocycles. The summed E-state index contributed by atoms with van der Waals surface area (Å²) in [6.45, 7) is 0.799. The Morgan fingerprint density at radius 1 is 1.19 bits per heavy atom. The van der Waals surface area contributed by atoms with Crippen molar-refractivity contribution in [1.29, 1.82) is 0 Å². The highest BCUT2D eigenvalue weighted by molar-refractivity contribution is 7.99. The first-order valence-electron chi connectivity index (χ1n) is 8.63. The number of benzene rings is 1. The smallest absolute Gasteiger partial charge is 0.387 e. The molecule has 0 N–H and O–H groups in total. The molecule has 1 fully saturated rings. The van der Waals surface area contributed by atoms with Gasteiger partial charge in [0.25, 0.3) is 0 Å². The van der Waals surface area contributed by atoms with E-state index in [1.807, 2.05) is 30.7 Å². The molecule has 0 amide bonds. The van der Waals surface area contributed by atoms with Crippen molar-refractivity contribution in [2.24, 2.45) is 0 Å². The van der Waals surface area contributed by atoms with Gasteiger partial charge in [-0.2, -0.15) is 20.5 Å². The van der Waals surface area contributed by atoms with Crippen LogP contribution in [0.2, 0.25) is 0 Å². The zero-order chi connectivity index (χ0) is 19.4. The quantitative estimate of drug-likeness (QED) is 0.720. The molecule has 2 heterocycles. The molecule has 1 aliphatic heterocycles. The third kappa shape index (κ3) is 5.13. The number of nitrogens with zero attached hydrogens (tertiary/aromatic N) is 1. The number of halogens is 2. The molecule has 1 saturated heterocycles. The molecule has 144 valence electrons. The fourth-order valence-electron chi connectivity index (χ4n) is 2.97. The van der Waals surface area contributed by atoms with E-state index in [9.17, 15) is 13.6 Å². The van der Waals surface area contributed by atoms with Crippen molar-refractivity contribution in [2.75, 3.05) is 11.5 Å². The SMILES string of the molecule is Cc1cc(=O)cc(C)n1/C=C/c1ccc(OC(F)F)c(O[C@H]2CCSC2)c1. The molecular weight excluding hydrogens is 372 g/mol. The van der Waals surface area contributed by atoms with Gasteiger partial charge in [0.05, 0.1) is 0 Å². The van der Waals surface area contributed by atoms with E-state index in [1.54, 1.807) is 36.0 Å². The van der Waals surface area contributed by atoms with Gasteiger partial charge in [-0.25, -0.2) is 0 Å². The molecule has 0 bridgehead atoms. The Morgan fingerprint density at radius 3 is 2.56 bits per heavy atom. The minimum Gasteiger partial charge on any atom is -0.486 e. The fraction of sp³-hybridized carbons (Fsp3) is 0.350. The number of alkyl halides is 2.